The number of hydrogen-bond acceptors (Lipinski definition) is 4. The van der Waals surface area contributed by atoms with Crippen molar-refractivity contribution in [2.24, 2.45) is 11.1 Å². The summed E-state index contributed by atoms with van der Waals surface area (Å²) in [6.07, 6.45) is 7.85. The summed E-state index contributed by atoms with van der Waals surface area (Å²) in [4.78, 5) is 17.8. The molecule has 136 valence electrons. The van der Waals surface area contributed by atoms with Crippen molar-refractivity contribution in [2.45, 2.75) is 51.0 Å². The minimum absolute atomic E-state index is 0.196. The molecule has 1 aromatic heterocycles. The summed E-state index contributed by atoms with van der Waals surface area (Å²) in [5, 5.41) is 14.0. The number of nitrogens with one attached hydrogen (secondary N) is 2. The predicted octanol–water partition coefficient (Wildman–Crippen LogP) is 3.99. The monoisotopic (exact) mass is 352 g/mol. The molecule has 6 nitrogen and oxygen atoms in total. The maximum Gasteiger partial charge on any atom is 0.274 e. The summed E-state index contributed by atoms with van der Waals surface area (Å²) in [5.74, 6) is 1.03. The highest BCUT2D eigenvalue weighted by atomic mass is 16.6. The SMILES string of the molecule is O=C(Nc1cc(CC2CCCCC2)[nH]n1)C1=NOC(c2ccccc2)C1. The Morgan fingerprint density at radius 3 is 2.81 bits per heavy atom. The minimum Gasteiger partial charge on any atom is -0.387 e. The van der Waals surface area contributed by atoms with E-state index in [2.05, 4.69) is 20.7 Å². The quantitative estimate of drug-likeness (QED) is 0.854. The fourth-order valence-corrected chi connectivity index (χ4v) is 3.78. The second kappa shape index (κ2) is 7.72. The third-order valence-electron chi connectivity index (χ3n) is 5.21. The van der Waals surface area contributed by atoms with Crippen LogP contribution in [0.2, 0.25) is 0 Å². The van der Waals surface area contributed by atoms with Crippen molar-refractivity contribution in [2.75, 3.05) is 5.32 Å². The second-order valence-corrected chi connectivity index (χ2v) is 7.19. The number of benzene rings is 1. The number of H-pyrrole nitrogens is 1. The maximum absolute atomic E-state index is 12.4. The molecule has 1 unspecified atom stereocenters. The first-order valence-electron chi connectivity index (χ1n) is 9.41. The molecular formula is C20H24N4O2. The van der Waals surface area contributed by atoms with Crippen molar-refractivity contribution in [3.63, 3.8) is 0 Å². The van der Waals surface area contributed by atoms with Crippen molar-refractivity contribution in [3.05, 3.63) is 47.7 Å². The molecule has 0 saturated heterocycles. The summed E-state index contributed by atoms with van der Waals surface area (Å²) in [6, 6.07) is 11.7. The Balaban J connectivity index is 1.31. The topological polar surface area (TPSA) is 79.4 Å². The number of oxime groups is 1. The average molecular weight is 352 g/mol. The van der Waals surface area contributed by atoms with Crippen molar-refractivity contribution in [1.82, 2.24) is 10.2 Å². The summed E-state index contributed by atoms with van der Waals surface area (Å²) in [5.41, 5.74) is 2.50. The van der Waals surface area contributed by atoms with Crippen LogP contribution in [0.4, 0.5) is 5.82 Å². The number of hydrogen-bond donors (Lipinski definition) is 2. The van der Waals surface area contributed by atoms with Gasteiger partial charge in [0.25, 0.3) is 5.91 Å². The smallest absolute Gasteiger partial charge is 0.274 e. The molecule has 1 aliphatic heterocycles. The molecule has 1 saturated carbocycles. The lowest BCUT2D eigenvalue weighted by molar-refractivity contribution is -0.110. The van der Waals surface area contributed by atoms with Crippen LogP contribution in [0, 0.1) is 5.92 Å². The Hall–Kier alpha value is -2.63. The highest BCUT2D eigenvalue weighted by Crippen LogP contribution is 2.28. The zero-order valence-electron chi connectivity index (χ0n) is 14.8. The van der Waals surface area contributed by atoms with E-state index in [-0.39, 0.29) is 12.0 Å². The van der Waals surface area contributed by atoms with E-state index in [0.29, 0.717) is 18.0 Å². The summed E-state index contributed by atoms with van der Waals surface area (Å²) >= 11 is 0. The lowest BCUT2D eigenvalue weighted by atomic mass is 9.86. The Labute approximate surface area is 153 Å². The van der Waals surface area contributed by atoms with Crippen molar-refractivity contribution >= 4 is 17.4 Å². The Morgan fingerprint density at radius 2 is 2.00 bits per heavy atom. The van der Waals surface area contributed by atoms with Gasteiger partial charge in [-0.05, 0) is 17.9 Å². The van der Waals surface area contributed by atoms with Gasteiger partial charge in [-0.3, -0.25) is 9.89 Å². The van der Waals surface area contributed by atoms with Crippen LogP contribution >= 0.6 is 0 Å². The fraction of sp³-hybridized carbons (Fsp3) is 0.450. The van der Waals surface area contributed by atoms with E-state index in [1.54, 1.807) is 0 Å². The number of anilines is 1. The maximum atomic E-state index is 12.4. The third kappa shape index (κ3) is 3.95. The molecule has 26 heavy (non-hydrogen) atoms. The van der Waals surface area contributed by atoms with Crippen LogP contribution in [0.3, 0.4) is 0 Å². The molecule has 2 N–H and O–H groups in total. The first-order valence-corrected chi connectivity index (χ1v) is 9.41. The fourth-order valence-electron chi connectivity index (χ4n) is 3.78. The minimum atomic E-state index is -0.251. The Morgan fingerprint density at radius 1 is 1.19 bits per heavy atom. The van der Waals surface area contributed by atoms with Crippen LogP contribution in [0.15, 0.2) is 41.6 Å². The summed E-state index contributed by atoms with van der Waals surface area (Å²) in [6.45, 7) is 0. The van der Waals surface area contributed by atoms with Crippen LogP contribution in [0.1, 0.15) is 55.9 Å². The van der Waals surface area contributed by atoms with Crippen LogP contribution in [-0.4, -0.2) is 21.8 Å². The highest BCUT2D eigenvalue weighted by Gasteiger charge is 2.27. The van der Waals surface area contributed by atoms with E-state index in [4.69, 9.17) is 4.84 Å². The second-order valence-electron chi connectivity index (χ2n) is 7.19. The predicted molar refractivity (Wildman–Crippen MR) is 99.8 cm³/mol. The zero-order chi connectivity index (χ0) is 17.8. The molecule has 2 aliphatic rings. The number of rotatable bonds is 5. The molecular weight excluding hydrogens is 328 g/mol. The molecule has 0 radical (unpaired) electrons. The Bertz CT molecular complexity index is 778. The first-order chi connectivity index (χ1) is 12.8. The zero-order valence-corrected chi connectivity index (χ0v) is 14.8. The molecule has 2 aromatic rings. The van der Waals surface area contributed by atoms with Crippen LogP contribution in [-0.2, 0) is 16.1 Å². The number of aromatic nitrogens is 2. The molecule has 0 bridgehead atoms. The number of amides is 1. The number of carbonyl (C=O) groups excluding carboxylic acids is 1. The van der Waals surface area contributed by atoms with Crippen molar-refractivity contribution < 1.29 is 9.63 Å². The van der Waals surface area contributed by atoms with Gasteiger partial charge in [-0.2, -0.15) is 5.10 Å². The molecule has 1 amide bonds. The van der Waals surface area contributed by atoms with Crippen LogP contribution in [0.25, 0.3) is 0 Å². The molecule has 1 atom stereocenters. The van der Waals surface area contributed by atoms with E-state index in [0.717, 1.165) is 23.6 Å². The van der Waals surface area contributed by atoms with Gasteiger partial charge in [-0.1, -0.05) is 67.6 Å². The van der Waals surface area contributed by atoms with Gasteiger partial charge in [0.15, 0.2) is 11.9 Å². The van der Waals surface area contributed by atoms with Gasteiger partial charge < -0.3 is 10.2 Å². The van der Waals surface area contributed by atoms with Gasteiger partial charge in [0.1, 0.15) is 5.71 Å². The lowest BCUT2D eigenvalue weighted by Gasteiger charge is -2.20. The summed E-state index contributed by atoms with van der Waals surface area (Å²) in [7, 11) is 0. The first kappa shape index (κ1) is 16.8. The number of aromatic amines is 1. The largest absolute Gasteiger partial charge is 0.387 e. The average Bonchev–Trinajstić information content (AvgIpc) is 3.33. The molecule has 6 heteroatoms. The van der Waals surface area contributed by atoms with Gasteiger partial charge in [0, 0.05) is 18.2 Å². The molecule has 1 aromatic carbocycles. The van der Waals surface area contributed by atoms with Gasteiger partial charge in [0.05, 0.1) is 0 Å². The summed E-state index contributed by atoms with van der Waals surface area (Å²) < 4.78 is 0. The highest BCUT2D eigenvalue weighted by molar-refractivity contribution is 6.43. The van der Waals surface area contributed by atoms with Gasteiger partial charge in [0.2, 0.25) is 0 Å². The molecule has 1 aliphatic carbocycles. The number of nitrogens with zero attached hydrogens (tertiary/aromatic N) is 2. The van der Waals surface area contributed by atoms with E-state index in [9.17, 15) is 4.79 Å². The van der Waals surface area contributed by atoms with Gasteiger partial charge in [-0.25, -0.2) is 0 Å². The van der Waals surface area contributed by atoms with Crippen molar-refractivity contribution in [1.29, 1.82) is 0 Å². The normalized spacial score (nSPS) is 20.5. The molecule has 4 rings (SSSR count). The van der Waals surface area contributed by atoms with Gasteiger partial charge in [-0.15, -0.1) is 0 Å². The van der Waals surface area contributed by atoms with E-state index in [1.807, 2.05) is 36.4 Å². The van der Waals surface area contributed by atoms with Crippen LogP contribution in [0.5, 0.6) is 0 Å². The van der Waals surface area contributed by atoms with Crippen molar-refractivity contribution in [3.8, 4) is 0 Å². The third-order valence-corrected chi connectivity index (χ3v) is 5.21. The van der Waals surface area contributed by atoms with Gasteiger partial charge >= 0.3 is 0 Å². The molecule has 1 fully saturated rings. The van der Waals surface area contributed by atoms with Crippen LogP contribution < -0.4 is 5.32 Å². The van der Waals surface area contributed by atoms with E-state index >= 15 is 0 Å². The van der Waals surface area contributed by atoms with E-state index in [1.165, 1.54) is 32.1 Å². The molecule has 0 spiro atoms. The molecule has 2 heterocycles. The van der Waals surface area contributed by atoms with E-state index < -0.39 is 0 Å². The lowest BCUT2D eigenvalue weighted by Crippen LogP contribution is -2.22. The number of carbonyl (C=O) groups is 1. The Kier molecular flexibility index (Phi) is 5.00. The standard InChI is InChI=1S/C20H24N4O2/c25-20(17-13-18(26-24-17)15-9-5-2-6-10-15)21-19-12-16(22-23-19)11-14-7-3-1-4-8-14/h2,5-6,9-10,12,14,18H,1,3-4,7-8,11,13H2,(H2,21,22,23,25).